The second-order valence-corrected chi connectivity index (χ2v) is 8.86. The molecule has 12 heteroatoms. The van der Waals surface area contributed by atoms with Gasteiger partial charge < -0.3 is 14.4 Å². The molecule has 174 valence electrons. The van der Waals surface area contributed by atoms with E-state index in [1.807, 2.05) is 6.07 Å². The molecule has 0 aromatic heterocycles. The molecule has 0 radical (unpaired) electrons. The van der Waals surface area contributed by atoms with Gasteiger partial charge in [0.2, 0.25) is 11.1 Å². The van der Waals surface area contributed by atoms with Crippen LogP contribution in [0.4, 0.5) is 36.6 Å². The summed E-state index contributed by atoms with van der Waals surface area (Å²) >= 11 is 0. The Morgan fingerprint density at radius 1 is 0.900 bits per heavy atom. The standard InChI is InChI=1S/C18H28N3O2.F6P/c1-3-5-11-22-17-14-16(21-9-7-8-10-21)18(13-15(17)20-19)23-12-6-4-2;1-7(2,3,4,5)6/h13-14H,3-12H2,1-2H3;/q+1;-1. The van der Waals surface area contributed by atoms with Gasteiger partial charge in [-0.1, -0.05) is 26.7 Å². The van der Waals surface area contributed by atoms with Gasteiger partial charge in [-0.15, -0.1) is 0 Å². The molecular weight excluding hydrogens is 435 g/mol. The van der Waals surface area contributed by atoms with Crippen LogP contribution in [0.2, 0.25) is 0 Å². The summed E-state index contributed by atoms with van der Waals surface area (Å²) in [7, 11) is -10.7. The summed E-state index contributed by atoms with van der Waals surface area (Å²) < 4.78 is 71.0. The fourth-order valence-electron chi connectivity index (χ4n) is 2.71. The van der Waals surface area contributed by atoms with E-state index in [9.17, 15) is 30.6 Å². The average molecular weight is 463 g/mol. The van der Waals surface area contributed by atoms with Gasteiger partial charge in [-0.25, -0.2) is 0 Å². The van der Waals surface area contributed by atoms with Crippen molar-refractivity contribution in [1.82, 2.24) is 0 Å². The van der Waals surface area contributed by atoms with E-state index >= 15 is 0 Å². The molecule has 1 aliphatic rings. The Morgan fingerprint density at radius 2 is 1.37 bits per heavy atom. The van der Waals surface area contributed by atoms with Crippen LogP contribution in [0.5, 0.6) is 11.5 Å². The van der Waals surface area contributed by atoms with Crippen molar-refractivity contribution in [2.45, 2.75) is 52.4 Å². The molecule has 0 spiro atoms. The maximum atomic E-state index is 9.87. The van der Waals surface area contributed by atoms with Gasteiger partial charge in [-0.2, -0.15) is 0 Å². The predicted octanol–water partition coefficient (Wildman–Crippen LogP) is 8.51. The molecule has 2 rings (SSSR count). The Kier molecular flexibility index (Phi) is 8.61. The molecule has 0 atom stereocenters. The number of benzene rings is 1. The van der Waals surface area contributed by atoms with Crippen molar-refractivity contribution in [3.05, 3.63) is 17.1 Å². The molecule has 1 aliphatic heterocycles. The van der Waals surface area contributed by atoms with Crippen LogP contribution in [-0.2, 0) is 0 Å². The van der Waals surface area contributed by atoms with Crippen LogP contribution in [0, 0.1) is 5.39 Å². The molecule has 0 aliphatic carbocycles. The molecule has 0 bridgehead atoms. The number of anilines is 1. The van der Waals surface area contributed by atoms with E-state index in [1.54, 1.807) is 6.07 Å². The number of hydrogen-bond acceptors (Lipinski definition) is 4. The van der Waals surface area contributed by atoms with Gasteiger partial charge in [0, 0.05) is 19.2 Å². The van der Waals surface area contributed by atoms with E-state index in [4.69, 9.17) is 9.47 Å². The number of rotatable bonds is 9. The first-order chi connectivity index (χ1) is 13.7. The Balaban J connectivity index is 0.000000553. The second kappa shape index (κ2) is 9.90. The van der Waals surface area contributed by atoms with E-state index < -0.39 is 7.81 Å². The second-order valence-electron chi connectivity index (χ2n) is 6.94. The van der Waals surface area contributed by atoms with Crippen LogP contribution in [0.3, 0.4) is 0 Å². The molecule has 0 unspecified atom stereocenters. The molecule has 1 fully saturated rings. The summed E-state index contributed by atoms with van der Waals surface area (Å²) in [5, 5.41) is 9.30. The van der Waals surface area contributed by atoms with Crippen molar-refractivity contribution in [2.24, 2.45) is 0 Å². The normalized spacial score (nSPS) is 16.0. The topological polar surface area (TPSA) is 49.9 Å². The van der Waals surface area contributed by atoms with Gasteiger partial charge in [-0.05, 0) is 25.7 Å². The van der Waals surface area contributed by atoms with Gasteiger partial charge in [0.25, 0.3) is 0 Å². The third kappa shape index (κ3) is 11.9. The molecule has 0 amide bonds. The van der Waals surface area contributed by atoms with E-state index in [0.29, 0.717) is 24.7 Å². The quantitative estimate of drug-likeness (QED) is 0.159. The molecular formula is C18H28F6N3O2P. The molecule has 0 N–H and O–H groups in total. The number of diazo groups is 1. The average Bonchev–Trinajstić information content (AvgIpc) is 3.14. The number of halogens is 6. The first kappa shape index (κ1) is 26.1. The van der Waals surface area contributed by atoms with Crippen molar-refractivity contribution in [3.8, 4) is 11.5 Å². The molecule has 1 aromatic carbocycles. The van der Waals surface area contributed by atoms with E-state index in [0.717, 1.165) is 50.2 Å². The van der Waals surface area contributed by atoms with Crippen LogP contribution in [0.25, 0.3) is 4.98 Å². The van der Waals surface area contributed by atoms with Gasteiger partial charge in [-0.3, -0.25) is 0 Å². The molecule has 0 saturated carbocycles. The molecule has 1 saturated heterocycles. The third-order valence-corrected chi connectivity index (χ3v) is 4.11. The Hall–Kier alpha value is -1.95. The number of ether oxygens (including phenoxy) is 2. The van der Waals surface area contributed by atoms with Gasteiger partial charge in [0.05, 0.1) is 25.0 Å². The minimum absolute atomic E-state index is 0.440. The molecule has 1 heterocycles. The van der Waals surface area contributed by atoms with Crippen LogP contribution in [-0.4, -0.2) is 26.3 Å². The Morgan fingerprint density at radius 3 is 1.80 bits per heavy atom. The van der Waals surface area contributed by atoms with Crippen molar-refractivity contribution in [2.75, 3.05) is 31.2 Å². The fourth-order valence-corrected chi connectivity index (χ4v) is 2.71. The Labute approximate surface area is 172 Å². The summed E-state index contributed by atoms with van der Waals surface area (Å²) in [5.74, 6) is 1.42. The zero-order valence-electron chi connectivity index (χ0n) is 17.1. The zero-order chi connectivity index (χ0) is 22.9. The maximum absolute atomic E-state index is 10.7. The van der Waals surface area contributed by atoms with Crippen molar-refractivity contribution in [3.63, 3.8) is 0 Å². The molecule has 1 aromatic rings. The van der Waals surface area contributed by atoms with Crippen molar-refractivity contribution >= 4 is 19.2 Å². The first-order valence-electron chi connectivity index (χ1n) is 9.85. The summed E-state index contributed by atoms with van der Waals surface area (Å²) in [6.45, 7) is 7.65. The molecule has 5 nitrogen and oxygen atoms in total. The monoisotopic (exact) mass is 463 g/mol. The zero-order valence-corrected chi connectivity index (χ0v) is 18.0. The Bertz CT molecular complexity index is 720. The molecule has 30 heavy (non-hydrogen) atoms. The third-order valence-electron chi connectivity index (χ3n) is 4.11. The van der Waals surface area contributed by atoms with Crippen LogP contribution >= 0.6 is 7.81 Å². The minimum atomic E-state index is -10.7. The summed E-state index contributed by atoms with van der Waals surface area (Å²) in [4.78, 5) is 5.71. The first-order valence-corrected chi connectivity index (χ1v) is 11.9. The van der Waals surface area contributed by atoms with Gasteiger partial charge in [0.1, 0.15) is 0 Å². The summed E-state index contributed by atoms with van der Waals surface area (Å²) in [6.07, 6.45) is 6.56. The van der Waals surface area contributed by atoms with Crippen LogP contribution in [0.1, 0.15) is 52.4 Å². The summed E-state index contributed by atoms with van der Waals surface area (Å²) in [5.41, 5.74) is 1.49. The van der Waals surface area contributed by atoms with Crippen molar-refractivity contribution in [1.29, 1.82) is 5.39 Å². The van der Waals surface area contributed by atoms with Gasteiger partial charge in [0.15, 0.2) is 10.7 Å². The van der Waals surface area contributed by atoms with Crippen molar-refractivity contribution < 1.29 is 34.7 Å². The van der Waals surface area contributed by atoms with E-state index in [1.165, 1.54) is 12.8 Å². The number of unbranched alkanes of at least 4 members (excludes halogenated alkanes) is 2. The number of nitrogens with zero attached hydrogens (tertiary/aromatic N) is 3. The van der Waals surface area contributed by atoms with E-state index in [-0.39, 0.29) is 0 Å². The fraction of sp³-hybridized carbons (Fsp3) is 0.667. The summed E-state index contributed by atoms with van der Waals surface area (Å²) in [6, 6.07) is 3.77. The van der Waals surface area contributed by atoms with Crippen LogP contribution < -0.4 is 14.4 Å². The number of hydrogen-bond donors (Lipinski definition) is 0. The van der Waals surface area contributed by atoms with Gasteiger partial charge >= 0.3 is 38.7 Å². The van der Waals surface area contributed by atoms with E-state index in [2.05, 4.69) is 23.7 Å². The SMILES string of the molecule is CCCCOc1cc(N2CCCC2)c(OCCCC)cc1[N+]#N.F[P-](F)(F)(F)(F)F. The van der Waals surface area contributed by atoms with Crippen LogP contribution in [0.15, 0.2) is 12.1 Å². The predicted molar refractivity (Wildman–Crippen MR) is 107 cm³/mol.